The zero-order valence-electron chi connectivity index (χ0n) is 11.4. The van der Waals surface area contributed by atoms with Crippen LogP contribution in [-0.4, -0.2) is 16.9 Å². The van der Waals surface area contributed by atoms with Gasteiger partial charge < -0.3 is 5.11 Å². The molecule has 2 rings (SSSR count). The number of hydrogen-bond donors (Lipinski definition) is 1. The lowest BCUT2D eigenvalue weighted by Crippen LogP contribution is -2.49. The van der Waals surface area contributed by atoms with Gasteiger partial charge in [0, 0.05) is 12.8 Å². The molecule has 0 aromatic heterocycles. The molecule has 0 saturated carbocycles. The summed E-state index contributed by atoms with van der Waals surface area (Å²) >= 11 is 0. The van der Waals surface area contributed by atoms with Crippen molar-refractivity contribution in [2.24, 2.45) is 0 Å². The highest BCUT2D eigenvalue weighted by Crippen LogP contribution is 2.36. The van der Waals surface area contributed by atoms with Gasteiger partial charge in [-0.25, -0.2) is 8.78 Å². The number of benzene rings is 2. The van der Waals surface area contributed by atoms with Crippen molar-refractivity contribution < 1.29 is 27.1 Å². The van der Waals surface area contributed by atoms with Crippen molar-refractivity contribution in [3.63, 3.8) is 0 Å². The van der Waals surface area contributed by atoms with Gasteiger partial charge in [-0.1, -0.05) is 24.3 Å². The third-order valence-electron chi connectivity index (χ3n) is 3.35. The third kappa shape index (κ3) is 3.82. The van der Waals surface area contributed by atoms with Crippen LogP contribution in [0.5, 0.6) is 0 Å². The van der Waals surface area contributed by atoms with Gasteiger partial charge in [-0.15, -0.1) is 0 Å². The first-order chi connectivity index (χ1) is 10.2. The Morgan fingerprint density at radius 1 is 0.682 bits per heavy atom. The molecule has 0 amide bonds. The minimum absolute atomic E-state index is 0.156. The highest BCUT2D eigenvalue weighted by atomic mass is 19.4. The fourth-order valence-corrected chi connectivity index (χ4v) is 2.14. The van der Waals surface area contributed by atoms with E-state index in [0.29, 0.717) is 0 Å². The molecule has 0 unspecified atom stereocenters. The number of halogens is 5. The molecule has 2 aromatic carbocycles. The van der Waals surface area contributed by atoms with Gasteiger partial charge in [0.1, 0.15) is 11.6 Å². The molecule has 0 aliphatic heterocycles. The predicted octanol–water partition coefficient (Wildman–Crippen LogP) is 4.04. The number of rotatable bonds is 4. The van der Waals surface area contributed by atoms with Gasteiger partial charge in [0.25, 0.3) is 0 Å². The van der Waals surface area contributed by atoms with Crippen LogP contribution in [0.1, 0.15) is 11.1 Å². The highest BCUT2D eigenvalue weighted by molar-refractivity contribution is 5.23. The van der Waals surface area contributed by atoms with Gasteiger partial charge >= 0.3 is 6.18 Å². The Morgan fingerprint density at radius 2 is 1.00 bits per heavy atom. The predicted molar refractivity (Wildman–Crippen MR) is 71.2 cm³/mol. The molecular formula is C16H13F5O. The van der Waals surface area contributed by atoms with E-state index < -0.39 is 36.3 Å². The fraction of sp³-hybridized carbons (Fsp3) is 0.250. The smallest absolute Gasteiger partial charge is 0.380 e. The quantitative estimate of drug-likeness (QED) is 0.844. The lowest BCUT2D eigenvalue weighted by Gasteiger charge is -2.31. The van der Waals surface area contributed by atoms with Crippen molar-refractivity contribution in [2.45, 2.75) is 24.6 Å². The van der Waals surface area contributed by atoms with Gasteiger partial charge in [0.2, 0.25) is 0 Å². The van der Waals surface area contributed by atoms with E-state index in [1.54, 1.807) is 0 Å². The van der Waals surface area contributed by atoms with E-state index in [1.807, 2.05) is 0 Å². The molecule has 1 nitrogen and oxygen atoms in total. The van der Waals surface area contributed by atoms with Gasteiger partial charge in [-0.2, -0.15) is 13.2 Å². The van der Waals surface area contributed by atoms with E-state index in [0.717, 1.165) is 24.3 Å². The number of aliphatic hydroxyl groups is 1. The molecule has 0 saturated heterocycles. The average Bonchev–Trinajstić information content (AvgIpc) is 2.43. The Hall–Kier alpha value is -1.95. The van der Waals surface area contributed by atoms with E-state index >= 15 is 0 Å². The summed E-state index contributed by atoms with van der Waals surface area (Å²) in [6.45, 7) is 0. The maximum atomic E-state index is 13.2. The van der Waals surface area contributed by atoms with Gasteiger partial charge in [-0.3, -0.25) is 0 Å². The molecule has 118 valence electrons. The number of alkyl halides is 3. The van der Waals surface area contributed by atoms with Crippen molar-refractivity contribution in [1.82, 2.24) is 0 Å². The molecular weight excluding hydrogens is 303 g/mol. The molecule has 2 aromatic rings. The first-order valence-electron chi connectivity index (χ1n) is 6.48. The Bertz CT molecular complexity index is 569. The van der Waals surface area contributed by atoms with E-state index in [4.69, 9.17) is 0 Å². The van der Waals surface area contributed by atoms with Crippen LogP contribution in [0.3, 0.4) is 0 Å². The molecule has 0 fully saturated rings. The Labute approximate surface area is 124 Å². The lowest BCUT2D eigenvalue weighted by atomic mass is 9.87. The Morgan fingerprint density at radius 3 is 1.27 bits per heavy atom. The Balaban J connectivity index is 2.27. The number of hydrogen-bond acceptors (Lipinski definition) is 1. The topological polar surface area (TPSA) is 20.2 Å². The van der Waals surface area contributed by atoms with Gasteiger partial charge in [-0.05, 0) is 35.4 Å². The molecule has 0 radical (unpaired) electrons. The summed E-state index contributed by atoms with van der Waals surface area (Å²) in [5, 5.41) is 10.1. The fourth-order valence-electron chi connectivity index (χ4n) is 2.14. The minimum Gasteiger partial charge on any atom is -0.380 e. The zero-order valence-corrected chi connectivity index (χ0v) is 11.4. The molecule has 0 heterocycles. The summed E-state index contributed by atoms with van der Waals surface area (Å²) in [7, 11) is 0. The monoisotopic (exact) mass is 316 g/mol. The molecule has 6 heteroatoms. The van der Waals surface area contributed by atoms with Crippen molar-refractivity contribution in [3.05, 3.63) is 71.3 Å². The second kappa shape index (κ2) is 6.04. The van der Waals surface area contributed by atoms with Gasteiger partial charge in [0.05, 0.1) is 0 Å². The molecule has 1 N–H and O–H groups in total. The van der Waals surface area contributed by atoms with Gasteiger partial charge in [0.15, 0.2) is 5.60 Å². The SMILES string of the molecule is OC(Cc1ccc(F)cc1)(Cc1ccc(F)cc1)C(F)(F)F. The normalized spacial score (nSPS) is 12.5. The van der Waals surface area contributed by atoms with Crippen LogP contribution in [0.2, 0.25) is 0 Å². The second-order valence-corrected chi connectivity index (χ2v) is 5.14. The van der Waals surface area contributed by atoms with Crippen LogP contribution in [0, 0.1) is 11.6 Å². The second-order valence-electron chi connectivity index (χ2n) is 5.14. The van der Waals surface area contributed by atoms with Crippen LogP contribution in [0.4, 0.5) is 22.0 Å². The van der Waals surface area contributed by atoms with Crippen molar-refractivity contribution in [3.8, 4) is 0 Å². The molecule has 0 spiro atoms. The van der Waals surface area contributed by atoms with Crippen molar-refractivity contribution >= 4 is 0 Å². The maximum absolute atomic E-state index is 13.2. The van der Waals surface area contributed by atoms with Crippen LogP contribution >= 0.6 is 0 Å². The molecule has 0 atom stereocenters. The molecule has 22 heavy (non-hydrogen) atoms. The summed E-state index contributed by atoms with van der Waals surface area (Å²) in [4.78, 5) is 0. The largest absolute Gasteiger partial charge is 0.417 e. The average molecular weight is 316 g/mol. The van der Waals surface area contributed by atoms with Crippen LogP contribution in [0.25, 0.3) is 0 Å². The standard InChI is InChI=1S/C16H13F5O/c17-13-5-1-11(2-6-13)9-15(22,16(19,20)21)10-12-3-7-14(18)8-4-12/h1-8,22H,9-10H2. The van der Waals surface area contributed by atoms with E-state index in [9.17, 15) is 27.1 Å². The van der Waals surface area contributed by atoms with Crippen LogP contribution in [-0.2, 0) is 12.8 Å². The maximum Gasteiger partial charge on any atom is 0.417 e. The lowest BCUT2D eigenvalue weighted by molar-refractivity contribution is -0.259. The van der Waals surface area contributed by atoms with E-state index in [-0.39, 0.29) is 11.1 Å². The van der Waals surface area contributed by atoms with E-state index in [1.165, 1.54) is 24.3 Å². The summed E-state index contributed by atoms with van der Waals surface area (Å²) in [5.41, 5.74) is -2.70. The molecule has 0 aliphatic carbocycles. The zero-order chi connectivity index (χ0) is 16.4. The first kappa shape index (κ1) is 16.4. The minimum atomic E-state index is -4.88. The van der Waals surface area contributed by atoms with Crippen molar-refractivity contribution in [1.29, 1.82) is 0 Å². The summed E-state index contributed by atoms with van der Waals surface area (Å²) in [6, 6.07) is 8.89. The first-order valence-corrected chi connectivity index (χ1v) is 6.48. The molecule has 0 bridgehead atoms. The summed E-state index contributed by atoms with van der Waals surface area (Å²) in [6.07, 6.45) is -6.31. The van der Waals surface area contributed by atoms with Crippen LogP contribution in [0.15, 0.2) is 48.5 Å². The summed E-state index contributed by atoms with van der Waals surface area (Å²) < 4.78 is 65.3. The van der Waals surface area contributed by atoms with Crippen LogP contribution < -0.4 is 0 Å². The van der Waals surface area contributed by atoms with Crippen molar-refractivity contribution in [2.75, 3.05) is 0 Å². The molecule has 0 aliphatic rings. The summed E-state index contributed by atoms with van der Waals surface area (Å²) in [5.74, 6) is -1.14. The van der Waals surface area contributed by atoms with E-state index in [2.05, 4.69) is 0 Å². The Kier molecular flexibility index (Phi) is 4.51. The third-order valence-corrected chi connectivity index (χ3v) is 3.35. The highest BCUT2D eigenvalue weighted by Gasteiger charge is 2.53.